The van der Waals surface area contributed by atoms with Crippen LogP contribution in [0, 0.1) is 0 Å². The SMILES string of the molecule is CCCC/C=C\CCCCCCCC(=O)OCC(COC(=O)CCCCCCC/C=C\CCCCCCCCC)OC(=O)CCCCCCC/C=C\CCCCCCCCC. The van der Waals surface area contributed by atoms with Gasteiger partial charge in [-0.25, -0.2) is 0 Å². The van der Waals surface area contributed by atoms with Crippen molar-refractivity contribution < 1.29 is 28.6 Å². The molecule has 0 fully saturated rings. The van der Waals surface area contributed by atoms with E-state index < -0.39 is 6.10 Å². The summed E-state index contributed by atoms with van der Waals surface area (Å²) in [6.45, 7) is 6.59. The van der Waals surface area contributed by atoms with E-state index in [0.29, 0.717) is 19.3 Å². The summed E-state index contributed by atoms with van der Waals surface area (Å²) >= 11 is 0. The van der Waals surface area contributed by atoms with Gasteiger partial charge in [0.25, 0.3) is 0 Å². The molecular formula is C55H100O6. The molecule has 1 atom stereocenters. The lowest BCUT2D eigenvalue weighted by Gasteiger charge is -2.18. The number of unbranched alkanes of at least 4 members (excludes halogenated alkanes) is 31. The lowest BCUT2D eigenvalue weighted by Crippen LogP contribution is -2.30. The Morgan fingerprint density at radius 2 is 0.557 bits per heavy atom. The monoisotopic (exact) mass is 857 g/mol. The zero-order chi connectivity index (χ0) is 44.4. The number of rotatable bonds is 48. The number of esters is 3. The van der Waals surface area contributed by atoms with Crippen molar-refractivity contribution in [2.45, 2.75) is 284 Å². The molecule has 0 rings (SSSR count). The normalized spacial score (nSPS) is 12.2. The first kappa shape index (κ1) is 58.6. The average molecular weight is 857 g/mol. The van der Waals surface area contributed by atoms with Gasteiger partial charge in [-0.3, -0.25) is 14.4 Å². The number of allylic oxidation sites excluding steroid dienone is 6. The molecule has 0 saturated carbocycles. The van der Waals surface area contributed by atoms with Crippen molar-refractivity contribution in [3.05, 3.63) is 36.5 Å². The first-order valence-electron chi connectivity index (χ1n) is 26.5. The maximum atomic E-state index is 12.8. The van der Waals surface area contributed by atoms with Gasteiger partial charge < -0.3 is 14.2 Å². The summed E-state index contributed by atoms with van der Waals surface area (Å²) in [5.74, 6) is -0.898. The van der Waals surface area contributed by atoms with Crippen molar-refractivity contribution in [3.8, 4) is 0 Å². The molecule has 0 bridgehead atoms. The van der Waals surface area contributed by atoms with E-state index in [1.807, 2.05) is 0 Å². The highest BCUT2D eigenvalue weighted by Crippen LogP contribution is 2.15. The van der Waals surface area contributed by atoms with Crippen molar-refractivity contribution in [3.63, 3.8) is 0 Å². The Morgan fingerprint density at radius 3 is 0.869 bits per heavy atom. The van der Waals surface area contributed by atoms with Gasteiger partial charge in [0.15, 0.2) is 6.10 Å². The van der Waals surface area contributed by atoms with Gasteiger partial charge in [0.1, 0.15) is 13.2 Å². The van der Waals surface area contributed by atoms with Crippen molar-refractivity contribution in [2.75, 3.05) is 13.2 Å². The number of hydrogen-bond acceptors (Lipinski definition) is 6. The minimum atomic E-state index is -0.780. The summed E-state index contributed by atoms with van der Waals surface area (Å²) < 4.78 is 16.8. The second kappa shape index (κ2) is 50.3. The molecule has 0 aromatic rings. The molecule has 6 heteroatoms. The molecule has 61 heavy (non-hydrogen) atoms. The summed E-state index contributed by atoms with van der Waals surface area (Å²) in [6, 6.07) is 0. The quantitative estimate of drug-likeness (QED) is 0.0262. The van der Waals surface area contributed by atoms with Gasteiger partial charge >= 0.3 is 17.9 Å². The lowest BCUT2D eigenvalue weighted by atomic mass is 10.1. The molecule has 1 unspecified atom stereocenters. The van der Waals surface area contributed by atoms with Crippen LogP contribution in [0.1, 0.15) is 278 Å². The summed E-state index contributed by atoms with van der Waals surface area (Å²) in [5, 5.41) is 0. The highest BCUT2D eigenvalue weighted by Gasteiger charge is 2.19. The minimum absolute atomic E-state index is 0.0809. The van der Waals surface area contributed by atoms with Crippen LogP contribution in [-0.2, 0) is 28.6 Å². The molecule has 0 heterocycles. The molecule has 0 saturated heterocycles. The van der Waals surface area contributed by atoms with E-state index in [1.165, 1.54) is 161 Å². The van der Waals surface area contributed by atoms with Crippen LogP contribution in [0.3, 0.4) is 0 Å². The molecule has 0 aliphatic rings. The fourth-order valence-electron chi connectivity index (χ4n) is 7.53. The van der Waals surface area contributed by atoms with Gasteiger partial charge in [-0.05, 0) is 89.9 Å². The third kappa shape index (κ3) is 48.5. The smallest absolute Gasteiger partial charge is 0.306 e. The van der Waals surface area contributed by atoms with Gasteiger partial charge in [0.2, 0.25) is 0 Å². The summed E-state index contributed by atoms with van der Waals surface area (Å²) in [7, 11) is 0. The Labute approximate surface area is 378 Å². The van der Waals surface area contributed by atoms with Crippen molar-refractivity contribution in [1.82, 2.24) is 0 Å². The van der Waals surface area contributed by atoms with Crippen molar-refractivity contribution in [1.29, 1.82) is 0 Å². The standard InChI is InChI=1S/C55H100O6/c1-4-7-10-13-16-19-22-24-26-28-30-33-36-39-42-45-48-54(57)60-51-52(50-59-53(56)47-44-41-38-35-32-21-18-15-12-9-6-3)61-55(58)49-46-43-40-37-34-31-29-27-25-23-20-17-14-11-8-5-2/h15,18,26-29,52H,4-14,16-17,19-25,30-51H2,1-3H3/b18-15-,28-26-,29-27-. The van der Waals surface area contributed by atoms with Crippen LogP contribution in [0.5, 0.6) is 0 Å². The number of hydrogen-bond donors (Lipinski definition) is 0. The highest BCUT2D eigenvalue weighted by atomic mass is 16.6. The van der Waals surface area contributed by atoms with Crippen LogP contribution in [0.25, 0.3) is 0 Å². The van der Waals surface area contributed by atoms with E-state index >= 15 is 0 Å². The Bertz CT molecular complexity index is 1030. The van der Waals surface area contributed by atoms with Gasteiger partial charge in [-0.1, -0.05) is 205 Å². The lowest BCUT2D eigenvalue weighted by molar-refractivity contribution is -0.167. The van der Waals surface area contributed by atoms with Gasteiger partial charge in [-0.15, -0.1) is 0 Å². The van der Waals surface area contributed by atoms with Crippen LogP contribution in [0.4, 0.5) is 0 Å². The third-order valence-electron chi connectivity index (χ3n) is 11.6. The Kier molecular flexibility index (Phi) is 48.3. The molecule has 0 aromatic carbocycles. The number of ether oxygens (including phenoxy) is 3. The van der Waals surface area contributed by atoms with Crippen LogP contribution in [0.2, 0.25) is 0 Å². The Morgan fingerprint density at radius 1 is 0.311 bits per heavy atom. The van der Waals surface area contributed by atoms with Crippen LogP contribution in [-0.4, -0.2) is 37.2 Å². The first-order chi connectivity index (χ1) is 30.0. The fourth-order valence-corrected chi connectivity index (χ4v) is 7.53. The minimum Gasteiger partial charge on any atom is -0.462 e. The molecule has 356 valence electrons. The van der Waals surface area contributed by atoms with Gasteiger partial charge in [0.05, 0.1) is 0 Å². The molecule has 0 N–H and O–H groups in total. The molecule has 0 aliphatic carbocycles. The molecule has 0 aromatic heterocycles. The molecule has 0 amide bonds. The van der Waals surface area contributed by atoms with Crippen molar-refractivity contribution >= 4 is 17.9 Å². The van der Waals surface area contributed by atoms with E-state index in [-0.39, 0.29) is 31.1 Å². The molecule has 0 spiro atoms. The van der Waals surface area contributed by atoms with E-state index in [0.717, 1.165) is 77.0 Å². The summed E-state index contributed by atoms with van der Waals surface area (Å²) in [5.41, 5.74) is 0. The fraction of sp³-hybridized carbons (Fsp3) is 0.836. The van der Waals surface area contributed by atoms with E-state index in [9.17, 15) is 14.4 Å². The molecular weight excluding hydrogens is 757 g/mol. The second-order valence-corrected chi connectivity index (χ2v) is 17.8. The zero-order valence-electron chi connectivity index (χ0n) is 40.7. The van der Waals surface area contributed by atoms with Gasteiger partial charge in [0, 0.05) is 19.3 Å². The van der Waals surface area contributed by atoms with E-state index in [2.05, 4.69) is 57.2 Å². The maximum absolute atomic E-state index is 12.8. The van der Waals surface area contributed by atoms with Crippen LogP contribution < -0.4 is 0 Å². The van der Waals surface area contributed by atoms with Crippen molar-refractivity contribution in [2.24, 2.45) is 0 Å². The zero-order valence-corrected chi connectivity index (χ0v) is 40.7. The predicted molar refractivity (Wildman–Crippen MR) is 261 cm³/mol. The predicted octanol–water partition coefficient (Wildman–Crippen LogP) is 17.3. The topological polar surface area (TPSA) is 78.9 Å². The third-order valence-corrected chi connectivity index (χ3v) is 11.6. The summed E-state index contributed by atoms with van der Waals surface area (Å²) in [4.78, 5) is 37.9. The largest absolute Gasteiger partial charge is 0.462 e. The van der Waals surface area contributed by atoms with Gasteiger partial charge in [-0.2, -0.15) is 0 Å². The first-order valence-corrected chi connectivity index (χ1v) is 26.5. The molecule has 6 nitrogen and oxygen atoms in total. The number of carbonyl (C=O) groups is 3. The van der Waals surface area contributed by atoms with Crippen LogP contribution in [0.15, 0.2) is 36.5 Å². The number of carbonyl (C=O) groups excluding carboxylic acids is 3. The molecule has 0 radical (unpaired) electrons. The average Bonchev–Trinajstić information content (AvgIpc) is 3.26. The van der Waals surface area contributed by atoms with Crippen LogP contribution >= 0.6 is 0 Å². The summed E-state index contributed by atoms with van der Waals surface area (Å²) in [6.07, 6.45) is 58.4. The molecule has 0 aliphatic heterocycles. The van der Waals surface area contributed by atoms with E-state index in [1.54, 1.807) is 0 Å². The highest BCUT2D eigenvalue weighted by molar-refractivity contribution is 5.71. The maximum Gasteiger partial charge on any atom is 0.306 e. The second-order valence-electron chi connectivity index (χ2n) is 17.8. The van der Waals surface area contributed by atoms with E-state index in [4.69, 9.17) is 14.2 Å². The Balaban J connectivity index is 4.37. The Hall–Kier alpha value is -2.37.